The van der Waals surface area contributed by atoms with Crippen LogP contribution in [-0.4, -0.2) is 5.78 Å². The fourth-order valence-corrected chi connectivity index (χ4v) is 2.68. The van der Waals surface area contributed by atoms with Crippen molar-refractivity contribution in [3.8, 4) is 0 Å². The summed E-state index contributed by atoms with van der Waals surface area (Å²) in [7, 11) is 0. The van der Waals surface area contributed by atoms with E-state index < -0.39 is 0 Å². The number of rotatable bonds is 2. The summed E-state index contributed by atoms with van der Waals surface area (Å²) < 4.78 is 0. The molecule has 0 N–H and O–H groups in total. The number of Topliss-reactive ketones (excluding diaryl/α,β-unsaturated/α-hetero) is 1. The van der Waals surface area contributed by atoms with E-state index in [1.54, 1.807) is 0 Å². The maximum atomic E-state index is 12.6. The molecule has 1 heteroatoms. The highest BCUT2D eigenvalue weighted by molar-refractivity contribution is 6.13. The summed E-state index contributed by atoms with van der Waals surface area (Å²) in [5, 5.41) is 0. The van der Waals surface area contributed by atoms with Crippen LogP contribution in [0.1, 0.15) is 30.4 Å². The van der Waals surface area contributed by atoms with E-state index in [4.69, 9.17) is 0 Å². The maximum absolute atomic E-state index is 12.6. The van der Waals surface area contributed by atoms with Gasteiger partial charge in [-0.05, 0) is 42.5 Å². The Kier molecular flexibility index (Phi) is 4.11. The highest BCUT2D eigenvalue weighted by Gasteiger charge is 2.20. The molecular weight excluding hydrogens is 256 g/mol. The molecule has 1 aliphatic carbocycles. The molecule has 2 aromatic rings. The molecule has 0 atom stereocenters. The van der Waals surface area contributed by atoms with E-state index in [-0.39, 0.29) is 5.78 Å². The van der Waals surface area contributed by atoms with Crippen LogP contribution < -0.4 is 0 Å². The van der Waals surface area contributed by atoms with Crippen molar-refractivity contribution in [2.75, 3.05) is 0 Å². The Morgan fingerprint density at radius 3 is 1.52 bits per heavy atom. The average Bonchev–Trinajstić information content (AvgIpc) is 2.53. The molecule has 1 fully saturated rings. The van der Waals surface area contributed by atoms with E-state index in [9.17, 15) is 4.79 Å². The van der Waals surface area contributed by atoms with Crippen LogP contribution in [0, 0.1) is 0 Å². The van der Waals surface area contributed by atoms with Crippen LogP contribution in [0.15, 0.2) is 71.8 Å². The summed E-state index contributed by atoms with van der Waals surface area (Å²) in [6.45, 7) is 0. The van der Waals surface area contributed by atoms with Gasteiger partial charge in [0.15, 0.2) is 5.78 Å². The molecule has 0 spiro atoms. The minimum Gasteiger partial charge on any atom is -0.289 e. The molecule has 0 heterocycles. The van der Waals surface area contributed by atoms with Crippen LogP contribution in [-0.2, 0) is 4.79 Å². The van der Waals surface area contributed by atoms with Gasteiger partial charge < -0.3 is 0 Å². The van der Waals surface area contributed by atoms with Crippen LogP contribution in [0.2, 0.25) is 0 Å². The Hall–Kier alpha value is -2.41. The fourth-order valence-electron chi connectivity index (χ4n) is 2.68. The zero-order chi connectivity index (χ0) is 14.5. The first-order chi connectivity index (χ1) is 10.3. The van der Waals surface area contributed by atoms with Crippen molar-refractivity contribution in [1.29, 1.82) is 0 Å². The van der Waals surface area contributed by atoms with Gasteiger partial charge in [0, 0.05) is 11.1 Å². The number of benzene rings is 2. The molecule has 0 unspecified atom stereocenters. The van der Waals surface area contributed by atoms with Crippen LogP contribution >= 0.6 is 0 Å². The lowest BCUT2D eigenvalue weighted by molar-refractivity contribution is -0.112. The quantitative estimate of drug-likeness (QED) is 0.711. The summed E-state index contributed by atoms with van der Waals surface area (Å²) in [6, 6.07) is 20.1. The second kappa shape index (κ2) is 6.36. The number of allylic oxidation sites excluding steroid dienone is 2. The van der Waals surface area contributed by atoms with Crippen LogP contribution in [0.4, 0.5) is 0 Å². The standard InChI is InChI=1S/C20H18O/c21-20-18(14-16-8-3-1-4-9-16)12-7-13-19(20)15-17-10-5-2-6-11-17/h1-6,8-11,14-15H,7,12-13H2/b18-14-,19-15-. The lowest BCUT2D eigenvalue weighted by Gasteiger charge is -2.16. The molecule has 0 radical (unpaired) electrons. The second-order valence-electron chi connectivity index (χ2n) is 5.34. The fraction of sp³-hybridized carbons (Fsp3) is 0.150. The van der Waals surface area contributed by atoms with Crippen LogP contribution in [0.5, 0.6) is 0 Å². The number of ketones is 1. The second-order valence-corrected chi connectivity index (χ2v) is 5.34. The van der Waals surface area contributed by atoms with Crippen molar-refractivity contribution in [1.82, 2.24) is 0 Å². The van der Waals surface area contributed by atoms with Crippen molar-refractivity contribution in [2.24, 2.45) is 0 Å². The van der Waals surface area contributed by atoms with Gasteiger partial charge in [-0.25, -0.2) is 0 Å². The number of carbonyl (C=O) groups is 1. The molecule has 104 valence electrons. The van der Waals surface area contributed by atoms with E-state index in [1.165, 1.54) is 0 Å². The molecule has 1 nitrogen and oxygen atoms in total. The molecule has 1 aliphatic rings. The Labute approximate surface area is 125 Å². The Morgan fingerprint density at radius 1 is 0.667 bits per heavy atom. The Bertz CT molecular complexity index is 619. The van der Waals surface area contributed by atoms with Gasteiger partial charge in [0.1, 0.15) is 0 Å². The van der Waals surface area contributed by atoms with E-state index in [0.29, 0.717) is 0 Å². The maximum Gasteiger partial charge on any atom is 0.185 e. The molecule has 0 aliphatic heterocycles. The molecule has 2 aromatic carbocycles. The van der Waals surface area contributed by atoms with E-state index in [1.807, 2.05) is 72.8 Å². The van der Waals surface area contributed by atoms with Crippen molar-refractivity contribution in [3.05, 3.63) is 82.9 Å². The zero-order valence-electron chi connectivity index (χ0n) is 12.0. The molecule has 0 saturated heterocycles. The topological polar surface area (TPSA) is 17.1 Å². The molecule has 0 aromatic heterocycles. The van der Waals surface area contributed by atoms with E-state index >= 15 is 0 Å². The van der Waals surface area contributed by atoms with Gasteiger partial charge in [-0.1, -0.05) is 60.7 Å². The minimum atomic E-state index is 0.203. The lowest BCUT2D eigenvalue weighted by atomic mass is 9.87. The molecular formula is C20H18O. The molecule has 1 saturated carbocycles. The largest absolute Gasteiger partial charge is 0.289 e. The Morgan fingerprint density at radius 2 is 1.10 bits per heavy atom. The summed E-state index contributed by atoms with van der Waals surface area (Å²) in [5.41, 5.74) is 4.05. The predicted molar refractivity (Wildman–Crippen MR) is 87.7 cm³/mol. The van der Waals surface area contributed by atoms with Gasteiger partial charge in [0.2, 0.25) is 0 Å². The summed E-state index contributed by atoms with van der Waals surface area (Å²) >= 11 is 0. The van der Waals surface area contributed by atoms with Crippen molar-refractivity contribution >= 4 is 17.9 Å². The first kappa shape index (κ1) is 13.6. The normalized spacial score (nSPS) is 19.1. The summed E-state index contributed by atoms with van der Waals surface area (Å²) in [6.07, 6.45) is 6.85. The third-order valence-electron chi connectivity index (χ3n) is 3.76. The monoisotopic (exact) mass is 274 g/mol. The summed E-state index contributed by atoms with van der Waals surface area (Å²) in [4.78, 5) is 12.6. The van der Waals surface area contributed by atoms with Gasteiger partial charge in [-0.2, -0.15) is 0 Å². The van der Waals surface area contributed by atoms with E-state index in [2.05, 4.69) is 0 Å². The smallest absolute Gasteiger partial charge is 0.185 e. The zero-order valence-corrected chi connectivity index (χ0v) is 12.0. The van der Waals surface area contributed by atoms with Crippen LogP contribution in [0.25, 0.3) is 12.2 Å². The first-order valence-electron chi connectivity index (χ1n) is 7.39. The first-order valence-corrected chi connectivity index (χ1v) is 7.39. The SMILES string of the molecule is O=C1/C(=C\c2ccccc2)CCC/C1=C/c1ccccc1. The van der Waals surface area contributed by atoms with E-state index in [0.717, 1.165) is 41.5 Å². The lowest BCUT2D eigenvalue weighted by Crippen LogP contribution is -2.12. The third kappa shape index (κ3) is 3.38. The van der Waals surface area contributed by atoms with Gasteiger partial charge >= 0.3 is 0 Å². The highest BCUT2D eigenvalue weighted by atomic mass is 16.1. The summed E-state index contributed by atoms with van der Waals surface area (Å²) in [5.74, 6) is 0.203. The Balaban J connectivity index is 1.88. The number of carbonyl (C=O) groups excluding carboxylic acids is 1. The van der Waals surface area contributed by atoms with Crippen molar-refractivity contribution in [2.45, 2.75) is 19.3 Å². The minimum absolute atomic E-state index is 0.203. The van der Waals surface area contributed by atoms with Gasteiger partial charge in [0.25, 0.3) is 0 Å². The molecule has 0 bridgehead atoms. The van der Waals surface area contributed by atoms with Crippen molar-refractivity contribution < 1.29 is 4.79 Å². The van der Waals surface area contributed by atoms with Crippen molar-refractivity contribution in [3.63, 3.8) is 0 Å². The van der Waals surface area contributed by atoms with Crippen LogP contribution in [0.3, 0.4) is 0 Å². The molecule has 3 rings (SSSR count). The van der Waals surface area contributed by atoms with Gasteiger partial charge in [0.05, 0.1) is 0 Å². The van der Waals surface area contributed by atoms with Gasteiger partial charge in [-0.15, -0.1) is 0 Å². The third-order valence-corrected chi connectivity index (χ3v) is 3.76. The molecule has 0 amide bonds. The molecule has 21 heavy (non-hydrogen) atoms. The van der Waals surface area contributed by atoms with Gasteiger partial charge in [-0.3, -0.25) is 4.79 Å². The average molecular weight is 274 g/mol. The number of hydrogen-bond acceptors (Lipinski definition) is 1. The highest BCUT2D eigenvalue weighted by Crippen LogP contribution is 2.27. The predicted octanol–water partition coefficient (Wildman–Crippen LogP) is 4.91. The number of hydrogen-bond donors (Lipinski definition) is 0.